The molecule has 59 heavy (non-hydrogen) atoms. The Morgan fingerprint density at radius 1 is 0.475 bits per heavy atom. The summed E-state index contributed by atoms with van der Waals surface area (Å²) in [7, 11) is 0. The molecule has 4 rings (SSSR count). The summed E-state index contributed by atoms with van der Waals surface area (Å²) in [6.07, 6.45) is 20.0. The molecule has 0 aromatic rings. The van der Waals surface area contributed by atoms with Crippen LogP contribution in [0.4, 0.5) is 9.59 Å². The van der Waals surface area contributed by atoms with E-state index >= 15 is 0 Å². The summed E-state index contributed by atoms with van der Waals surface area (Å²) < 4.78 is 10.4. The van der Waals surface area contributed by atoms with E-state index < -0.39 is 22.5 Å². The predicted octanol–water partition coefficient (Wildman–Crippen LogP) is 5.62. The molecule has 8 unspecified atom stereocenters. The average Bonchev–Trinajstić information content (AvgIpc) is 3.15. The normalized spacial score (nSPS) is 26.4. The molecule has 0 saturated heterocycles. The van der Waals surface area contributed by atoms with Crippen molar-refractivity contribution in [2.45, 2.75) is 204 Å². The van der Waals surface area contributed by atoms with E-state index in [0.717, 1.165) is 89.5 Å². The van der Waals surface area contributed by atoms with E-state index in [9.17, 15) is 24.0 Å². The summed E-state index contributed by atoms with van der Waals surface area (Å²) in [4.78, 5) is 55.0. The number of hydrogen-bond acceptors (Lipinski definition) is 11. The van der Waals surface area contributed by atoms with Crippen LogP contribution in [0.2, 0.25) is 0 Å². The molecule has 0 spiro atoms. The van der Waals surface area contributed by atoms with E-state index in [4.69, 9.17) is 44.0 Å². The molecule has 4 fully saturated rings. The van der Waals surface area contributed by atoms with E-state index in [1.165, 1.54) is 31.4 Å². The molecule has 16 heteroatoms. The lowest BCUT2D eigenvalue weighted by Crippen LogP contribution is -2.53. The second kappa shape index (κ2) is 29.7. The lowest BCUT2D eigenvalue weighted by Gasteiger charge is -2.33. The minimum absolute atomic E-state index is 0.0493. The van der Waals surface area contributed by atoms with Gasteiger partial charge in [-0.2, -0.15) is 0 Å². The first-order valence-corrected chi connectivity index (χ1v) is 21.6. The van der Waals surface area contributed by atoms with Crippen LogP contribution in [-0.2, 0) is 23.9 Å². The third kappa shape index (κ3) is 28.6. The fourth-order valence-corrected chi connectivity index (χ4v) is 6.74. The van der Waals surface area contributed by atoms with Crippen LogP contribution in [0.3, 0.4) is 0 Å². The molecule has 0 aliphatic heterocycles. The Hall–Kier alpha value is -3.50. The lowest BCUT2D eigenvalue weighted by atomic mass is 9.90. The molecule has 4 aliphatic rings. The number of carbonyl (C=O) groups is 5. The number of hydrogen-bond donors (Lipinski definition) is 8. The van der Waals surface area contributed by atoms with Crippen LogP contribution in [0.1, 0.15) is 144 Å². The van der Waals surface area contributed by atoms with Crippen LogP contribution in [0.5, 0.6) is 0 Å². The van der Waals surface area contributed by atoms with E-state index in [-0.39, 0.29) is 66.2 Å². The third-order valence-electron chi connectivity index (χ3n) is 9.87. The van der Waals surface area contributed by atoms with Crippen LogP contribution in [0, 0.1) is 0 Å². The Balaban J connectivity index is 0.000000755. The van der Waals surface area contributed by atoms with Crippen molar-refractivity contribution in [3.05, 3.63) is 38.0 Å². The van der Waals surface area contributed by atoms with Gasteiger partial charge in [-0.25, -0.2) is 9.59 Å². The molecule has 4 amide bonds. The fraction of sp³-hybridized carbons (Fsp3) is 0.744. The highest BCUT2D eigenvalue weighted by atomic mass is 35.5. The molecule has 0 bridgehead atoms. The number of carbonyl (C=O) groups excluding carboxylic acids is 5. The zero-order valence-corrected chi connectivity index (χ0v) is 37.6. The molecule has 0 radical (unpaired) electrons. The predicted molar refractivity (Wildman–Crippen MR) is 237 cm³/mol. The number of halogens is 1. The summed E-state index contributed by atoms with van der Waals surface area (Å²) >= 11 is 4.71. The zero-order chi connectivity index (χ0) is 45.2. The van der Waals surface area contributed by atoms with Gasteiger partial charge in [-0.1, -0.05) is 71.1 Å². The summed E-state index contributed by atoms with van der Waals surface area (Å²) in [5.74, 6) is -0.319. The highest BCUT2D eigenvalue weighted by molar-refractivity contribution is 6.66. The van der Waals surface area contributed by atoms with Gasteiger partial charge in [0.2, 0.25) is 17.1 Å². The van der Waals surface area contributed by atoms with Gasteiger partial charge in [0.25, 0.3) is 0 Å². The van der Waals surface area contributed by atoms with Crippen molar-refractivity contribution in [1.29, 1.82) is 0 Å². The van der Waals surface area contributed by atoms with Crippen LogP contribution in [-0.4, -0.2) is 88.8 Å². The Morgan fingerprint density at radius 2 is 0.729 bits per heavy atom. The smallest absolute Gasteiger partial charge is 0.407 e. The molecule has 0 aromatic carbocycles. The standard InChI is InChI=1S/C14H24N2O3.C11H22N2O2.C9H16N2O.C6H14N2.C3H3ClO/c1-5-12(17)15-10-8-6-7-9-11(10)16-13(18)19-14(2,3)4;1-11(2,3)15-10(14)13-9-7-5-4-6-8(9)12;1-2-9(12)11-8-6-4-3-5-7(8)10;7-5-3-1-2-4-6(5)8;1-2-3(4)5/h5,10-11H,1,6-9H2,2-4H3,(H,15,17)(H,16,18);8-9H,4-7,12H2,1-3H3,(H,13,14);2,7-8H,1,3-6,10H2,(H,11,12);5-6H,1-4,7-8H2;2H,1H2. The van der Waals surface area contributed by atoms with Crippen LogP contribution in [0.25, 0.3) is 0 Å². The van der Waals surface area contributed by atoms with Crippen molar-refractivity contribution in [3.8, 4) is 0 Å². The highest BCUT2D eigenvalue weighted by Gasteiger charge is 2.29. The second-order valence-corrected chi connectivity index (χ2v) is 17.8. The number of nitrogens with two attached hydrogens (primary N) is 4. The van der Waals surface area contributed by atoms with Gasteiger partial charge in [0.15, 0.2) is 0 Å². The minimum atomic E-state index is -0.515. The SMILES string of the molecule is C=CC(=O)Cl.C=CC(=O)NC1CCCCC1N.C=CC(=O)NC1CCCCC1NC(=O)OC(C)(C)C.CC(C)(C)OC(=O)NC1CCCCC1N.NC1CCCCC1N. The maximum absolute atomic E-state index is 11.8. The molecular formula is C43H79ClN8O7. The zero-order valence-electron chi connectivity index (χ0n) is 36.8. The first kappa shape index (κ1) is 55.5. The number of allylic oxidation sites excluding steroid dienone is 1. The van der Waals surface area contributed by atoms with Gasteiger partial charge in [0, 0.05) is 42.3 Å². The third-order valence-corrected chi connectivity index (χ3v) is 10.0. The van der Waals surface area contributed by atoms with E-state index in [0.29, 0.717) is 0 Å². The van der Waals surface area contributed by atoms with Gasteiger partial charge in [0.1, 0.15) is 11.2 Å². The monoisotopic (exact) mass is 855 g/mol. The Kier molecular flexibility index (Phi) is 27.9. The van der Waals surface area contributed by atoms with Crippen LogP contribution >= 0.6 is 11.6 Å². The summed E-state index contributed by atoms with van der Waals surface area (Å²) in [5.41, 5.74) is 22.1. The van der Waals surface area contributed by atoms with Crippen molar-refractivity contribution in [1.82, 2.24) is 21.3 Å². The Morgan fingerprint density at radius 3 is 1.02 bits per heavy atom. The maximum atomic E-state index is 11.8. The number of amides is 4. The number of rotatable bonds is 7. The van der Waals surface area contributed by atoms with Gasteiger partial charge < -0.3 is 53.7 Å². The van der Waals surface area contributed by atoms with Crippen molar-refractivity contribution < 1.29 is 33.4 Å². The topological polar surface area (TPSA) is 256 Å². The summed E-state index contributed by atoms with van der Waals surface area (Å²) in [6, 6.07) is 0.874. The number of nitrogens with one attached hydrogen (secondary N) is 4. The minimum Gasteiger partial charge on any atom is -0.444 e. The highest BCUT2D eigenvalue weighted by Crippen LogP contribution is 2.20. The first-order chi connectivity index (χ1) is 27.5. The molecule has 0 heterocycles. The van der Waals surface area contributed by atoms with E-state index in [1.54, 1.807) is 0 Å². The Labute approximate surface area is 359 Å². The van der Waals surface area contributed by atoms with Crippen molar-refractivity contribution >= 4 is 40.8 Å². The Bertz CT molecular complexity index is 1300. The van der Waals surface area contributed by atoms with Crippen molar-refractivity contribution in [3.63, 3.8) is 0 Å². The molecule has 0 aromatic heterocycles. The summed E-state index contributed by atoms with van der Waals surface area (Å²) in [6.45, 7) is 20.9. The average molecular weight is 856 g/mol. The van der Waals surface area contributed by atoms with Crippen LogP contribution < -0.4 is 44.2 Å². The second-order valence-electron chi connectivity index (χ2n) is 17.4. The molecule has 340 valence electrons. The molecule has 4 aliphatic carbocycles. The van der Waals surface area contributed by atoms with Gasteiger partial charge in [0.05, 0.1) is 6.04 Å². The molecular weight excluding hydrogens is 776 g/mol. The maximum Gasteiger partial charge on any atom is 0.407 e. The quantitative estimate of drug-likeness (QED) is 0.115. The van der Waals surface area contributed by atoms with Gasteiger partial charge >= 0.3 is 12.2 Å². The van der Waals surface area contributed by atoms with Gasteiger partial charge in [-0.15, -0.1) is 0 Å². The first-order valence-electron chi connectivity index (χ1n) is 21.2. The van der Waals surface area contributed by atoms with Crippen LogP contribution in [0.15, 0.2) is 38.0 Å². The van der Waals surface area contributed by atoms with Gasteiger partial charge in [-0.3, -0.25) is 14.4 Å². The fourth-order valence-electron chi connectivity index (χ4n) is 6.74. The molecule has 4 saturated carbocycles. The van der Waals surface area contributed by atoms with Crippen molar-refractivity contribution in [2.24, 2.45) is 22.9 Å². The lowest BCUT2D eigenvalue weighted by molar-refractivity contribution is -0.118. The summed E-state index contributed by atoms with van der Waals surface area (Å²) in [5, 5.41) is 10.9. The van der Waals surface area contributed by atoms with Crippen molar-refractivity contribution in [2.75, 3.05) is 0 Å². The molecule has 8 atom stereocenters. The van der Waals surface area contributed by atoms with E-state index in [1.807, 2.05) is 41.5 Å². The molecule has 12 N–H and O–H groups in total. The number of ether oxygens (including phenoxy) is 2. The molecule has 15 nitrogen and oxygen atoms in total. The van der Waals surface area contributed by atoms with Gasteiger partial charge in [-0.05, 0) is 123 Å². The number of alkyl carbamates (subject to hydrolysis) is 2. The largest absolute Gasteiger partial charge is 0.444 e. The van der Waals surface area contributed by atoms with E-state index in [2.05, 4.69) is 41.0 Å².